The lowest BCUT2D eigenvalue weighted by Crippen LogP contribution is -2.60. The summed E-state index contributed by atoms with van der Waals surface area (Å²) in [5.74, 6) is -4.96. The molecule has 128 valence electrons. The number of hydrogen-bond donors (Lipinski definition) is 1. The Morgan fingerprint density at radius 3 is 2.65 bits per heavy atom. The van der Waals surface area contributed by atoms with E-state index in [0.29, 0.717) is 25.8 Å². The van der Waals surface area contributed by atoms with E-state index >= 15 is 0 Å². The van der Waals surface area contributed by atoms with Gasteiger partial charge in [0.05, 0.1) is 6.04 Å². The average Bonchev–Trinajstić information content (AvgIpc) is 3.09. The topological polar surface area (TPSA) is 58.4 Å². The lowest BCUT2D eigenvalue weighted by atomic mass is 9.79. The van der Waals surface area contributed by atoms with Crippen molar-refractivity contribution in [2.24, 2.45) is 0 Å². The molecule has 1 unspecified atom stereocenters. The van der Waals surface area contributed by atoms with Gasteiger partial charge < -0.3 is 10.0 Å². The molecule has 1 aromatic rings. The molecule has 5 nitrogen and oxygen atoms in total. The van der Waals surface area contributed by atoms with Gasteiger partial charge in [-0.2, -0.15) is 13.9 Å². The second kappa shape index (κ2) is 6.19. The van der Waals surface area contributed by atoms with Gasteiger partial charge in [-0.15, -0.1) is 0 Å². The summed E-state index contributed by atoms with van der Waals surface area (Å²) in [6, 6.07) is 1.69. The van der Waals surface area contributed by atoms with E-state index < -0.39 is 17.4 Å². The van der Waals surface area contributed by atoms with Gasteiger partial charge in [-0.05, 0) is 31.7 Å². The predicted molar refractivity (Wildman–Crippen MR) is 80.1 cm³/mol. The number of halogens is 2. The molecule has 1 amide bonds. The number of rotatable bonds is 3. The van der Waals surface area contributed by atoms with E-state index in [2.05, 4.69) is 5.10 Å². The van der Waals surface area contributed by atoms with Gasteiger partial charge in [0.1, 0.15) is 5.60 Å². The van der Waals surface area contributed by atoms with E-state index in [4.69, 9.17) is 0 Å². The van der Waals surface area contributed by atoms with Gasteiger partial charge in [0.2, 0.25) is 0 Å². The van der Waals surface area contributed by atoms with E-state index in [1.807, 2.05) is 0 Å². The molecule has 3 rings (SSSR count). The van der Waals surface area contributed by atoms with Gasteiger partial charge in [0, 0.05) is 25.5 Å². The van der Waals surface area contributed by atoms with Crippen molar-refractivity contribution in [2.75, 3.05) is 13.1 Å². The smallest absolute Gasteiger partial charge is 0.352 e. The van der Waals surface area contributed by atoms with Gasteiger partial charge in [-0.25, -0.2) is 0 Å². The Hall–Kier alpha value is -1.50. The Balaban J connectivity index is 1.73. The van der Waals surface area contributed by atoms with Crippen LogP contribution in [0.1, 0.15) is 51.0 Å². The molecule has 2 fully saturated rings. The standard InChI is InChI=1S/C16H23F2N3O2/c17-16(18,15(23)7-2-1-3-8-15)14(22)20-10-4-6-13(12-20)21-11-5-9-19-21/h5,9,11,13,23H,1-4,6-8,10,12H2. The highest BCUT2D eigenvalue weighted by atomic mass is 19.3. The van der Waals surface area contributed by atoms with Gasteiger partial charge in [0.25, 0.3) is 5.91 Å². The van der Waals surface area contributed by atoms with Crippen LogP contribution in [-0.4, -0.2) is 50.3 Å². The summed E-state index contributed by atoms with van der Waals surface area (Å²) >= 11 is 0. The number of alkyl halides is 2. The fourth-order valence-electron chi connectivity index (χ4n) is 3.70. The van der Waals surface area contributed by atoms with E-state index in [-0.39, 0.29) is 25.4 Å². The summed E-state index contributed by atoms with van der Waals surface area (Å²) in [5, 5.41) is 14.5. The molecule has 2 aliphatic rings. The number of carbonyl (C=O) groups is 1. The summed E-state index contributed by atoms with van der Waals surface area (Å²) in [7, 11) is 0. The number of amides is 1. The van der Waals surface area contributed by atoms with E-state index in [0.717, 1.165) is 12.8 Å². The average molecular weight is 327 g/mol. The molecule has 0 radical (unpaired) electrons. The second-order valence-electron chi connectivity index (χ2n) is 6.70. The summed E-state index contributed by atoms with van der Waals surface area (Å²) < 4.78 is 31.1. The van der Waals surface area contributed by atoms with Crippen molar-refractivity contribution >= 4 is 5.91 Å². The van der Waals surface area contributed by atoms with E-state index in [1.165, 1.54) is 4.90 Å². The van der Waals surface area contributed by atoms with Crippen LogP contribution in [-0.2, 0) is 4.79 Å². The highest BCUT2D eigenvalue weighted by Gasteiger charge is 2.59. The third kappa shape index (κ3) is 2.98. The fourth-order valence-corrected chi connectivity index (χ4v) is 3.70. The summed E-state index contributed by atoms with van der Waals surface area (Å²) in [6.45, 7) is 0.522. The minimum absolute atomic E-state index is 0.0117. The van der Waals surface area contributed by atoms with E-state index in [1.54, 1.807) is 23.1 Å². The maximum atomic E-state index is 14.7. The van der Waals surface area contributed by atoms with Crippen LogP contribution in [0.25, 0.3) is 0 Å². The zero-order valence-corrected chi connectivity index (χ0v) is 13.1. The minimum Gasteiger partial charge on any atom is -0.383 e. The van der Waals surface area contributed by atoms with Crippen LogP contribution in [0.4, 0.5) is 8.78 Å². The van der Waals surface area contributed by atoms with Gasteiger partial charge >= 0.3 is 5.92 Å². The number of aliphatic hydroxyl groups is 1. The van der Waals surface area contributed by atoms with Crippen molar-refractivity contribution < 1.29 is 18.7 Å². The van der Waals surface area contributed by atoms with Gasteiger partial charge in [-0.1, -0.05) is 19.3 Å². The molecular formula is C16H23F2N3O2. The first-order chi connectivity index (χ1) is 10.9. The van der Waals surface area contributed by atoms with Gasteiger partial charge in [-0.3, -0.25) is 9.48 Å². The number of hydrogen-bond acceptors (Lipinski definition) is 3. The fraction of sp³-hybridized carbons (Fsp3) is 0.750. The number of nitrogens with zero attached hydrogens (tertiary/aromatic N) is 3. The van der Waals surface area contributed by atoms with Crippen molar-refractivity contribution in [3.8, 4) is 0 Å². The van der Waals surface area contributed by atoms with Crippen LogP contribution >= 0.6 is 0 Å². The van der Waals surface area contributed by atoms with Crippen molar-refractivity contribution in [3.63, 3.8) is 0 Å². The molecule has 1 atom stereocenters. The first kappa shape index (κ1) is 16.4. The lowest BCUT2D eigenvalue weighted by Gasteiger charge is -2.41. The van der Waals surface area contributed by atoms with Crippen LogP contribution in [0.15, 0.2) is 18.5 Å². The Labute approximate surface area is 134 Å². The molecule has 1 aliphatic heterocycles. The molecule has 1 saturated carbocycles. The SMILES string of the molecule is O=C(N1CCCC(n2cccn2)C1)C(F)(F)C1(O)CCCCC1. The molecule has 1 aromatic heterocycles. The molecule has 0 spiro atoms. The molecule has 23 heavy (non-hydrogen) atoms. The summed E-state index contributed by atoms with van der Waals surface area (Å²) in [6.07, 6.45) is 6.77. The molecule has 7 heteroatoms. The number of carbonyl (C=O) groups excluding carboxylic acids is 1. The Morgan fingerprint density at radius 2 is 2.00 bits per heavy atom. The van der Waals surface area contributed by atoms with Crippen molar-refractivity contribution in [2.45, 2.75) is 62.5 Å². The number of piperidine rings is 1. The Kier molecular flexibility index (Phi) is 4.40. The predicted octanol–water partition coefficient (Wildman–Crippen LogP) is 2.38. The molecule has 0 bridgehead atoms. The molecule has 1 saturated heterocycles. The quantitative estimate of drug-likeness (QED) is 0.927. The van der Waals surface area contributed by atoms with Crippen molar-refractivity contribution in [1.29, 1.82) is 0 Å². The maximum absolute atomic E-state index is 14.7. The maximum Gasteiger partial charge on any atom is 0.352 e. The monoisotopic (exact) mass is 327 g/mol. The minimum atomic E-state index is -3.72. The molecular weight excluding hydrogens is 304 g/mol. The molecule has 0 aromatic carbocycles. The Bertz CT molecular complexity index is 542. The molecule has 2 heterocycles. The second-order valence-corrected chi connectivity index (χ2v) is 6.70. The zero-order chi connectivity index (χ0) is 16.5. The van der Waals surface area contributed by atoms with Crippen molar-refractivity contribution in [1.82, 2.24) is 14.7 Å². The lowest BCUT2D eigenvalue weighted by molar-refractivity contribution is -0.211. The van der Waals surface area contributed by atoms with Crippen LogP contribution in [0.2, 0.25) is 0 Å². The van der Waals surface area contributed by atoms with Crippen LogP contribution < -0.4 is 0 Å². The van der Waals surface area contributed by atoms with Crippen LogP contribution in [0, 0.1) is 0 Å². The summed E-state index contributed by atoms with van der Waals surface area (Å²) in [4.78, 5) is 13.6. The van der Waals surface area contributed by atoms with Crippen LogP contribution in [0.5, 0.6) is 0 Å². The largest absolute Gasteiger partial charge is 0.383 e. The first-order valence-electron chi connectivity index (χ1n) is 8.33. The Morgan fingerprint density at radius 1 is 1.26 bits per heavy atom. The highest BCUT2D eigenvalue weighted by Crippen LogP contribution is 2.42. The normalized spacial score (nSPS) is 25.3. The highest BCUT2D eigenvalue weighted by molar-refractivity contribution is 5.85. The zero-order valence-electron chi connectivity index (χ0n) is 13.1. The molecule has 1 aliphatic carbocycles. The third-order valence-electron chi connectivity index (χ3n) is 5.12. The molecule has 1 N–H and O–H groups in total. The van der Waals surface area contributed by atoms with E-state index in [9.17, 15) is 18.7 Å². The van der Waals surface area contributed by atoms with Crippen molar-refractivity contribution in [3.05, 3.63) is 18.5 Å². The van der Waals surface area contributed by atoms with Gasteiger partial charge in [0.15, 0.2) is 0 Å². The number of aromatic nitrogens is 2. The summed E-state index contributed by atoms with van der Waals surface area (Å²) in [5.41, 5.74) is -2.19. The number of likely N-dealkylation sites (tertiary alicyclic amines) is 1. The van der Waals surface area contributed by atoms with Crippen LogP contribution in [0.3, 0.4) is 0 Å². The third-order valence-corrected chi connectivity index (χ3v) is 5.12. The first-order valence-corrected chi connectivity index (χ1v) is 8.33.